The van der Waals surface area contributed by atoms with Crippen molar-refractivity contribution in [2.24, 2.45) is 0 Å². The molecule has 3 nitrogen and oxygen atoms in total. The Labute approximate surface area is 94.0 Å². The summed E-state index contributed by atoms with van der Waals surface area (Å²) in [6.45, 7) is 1.95. The lowest BCUT2D eigenvalue weighted by Crippen LogP contribution is -2.17. The third kappa shape index (κ3) is 3.16. The average Bonchev–Trinajstić information content (AvgIpc) is 2.27. The summed E-state index contributed by atoms with van der Waals surface area (Å²) >= 11 is 1.45. The van der Waals surface area contributed by atoms with Crippen LogP contribution in [-0.4, -0.2) is 18.3 Å². The highest BCUT2D eigenvalue weighted by molar-refractivity contribution is 8.00. The van der Waals surface area contributed by atoms with Crippen molar-refractivity contribution in [3.63, 3.8) is 0 Å². The zero-order valence-electron chi connectivity index (χ0n) is 8.90. The van der Waals surface area contributed by atoms with Crippen LogP contribution >= 0.6 is 11.8 Å². The highest BCUT2D eigenvalue weighted by Crippen LogP contribution is 2.30. The lowest BCUT2D eigenvalue weighted by atomic mass is 10.3. The van der Waals surface area contributed by atoms with E-state index in [0.717, 1.165) is 11.3 Å². The van der Waals surface area contributed by atoms with Crippen LogP contribution in [0.25, 0.3) is 0 Å². The van der Waals surface area contributed by atoms with Crippen molar-refractivity contribution in [2.45, 2.75) is 23.5 Å². The van der Waals surface area contributed by atoms with Gasteiger partial charge in [-0.15, -0.1) is 11.8 Å². The number of para-hydroxylation sites is 1. The normalized spacial score (nSPS) is 12.1. The second-order valence-corrected chi connectivity index (χ2v) is 4.32. The number of thioether (sulfide) groups is 1. The smallest absolute Gasteiger partial charge is 0.319 e. The third-order valence-corrected chi connectivity index (χ3v) is 3.46. The van der Waals surface area contributed by atoms with Gasteiger partial charge in [-0.25, -0.2) is 0 Å². The van der Waals surface area contributed by atoms with E-state index in [1.165, 1.54) is 18.9 Å². The number of nitrogen functional groups attached to an aromatic ring is 1. The van der Waals surface area contributed by atoms with Gasteiger partial charge in [-0.2, -0.15) is 0 Å². The van der Waals surface area contributed by atoms with Crippen molar-refractivity contribution in [3.05, 3.63) is 24.3 Å². The van der Waals surface area contributed by atoms with Crippen LogP contribution in [0.2, 0.25) is 0 Å². The molecule has 0 radical (unpaired) electrons. The van der Waals surface area contributed by atoms with Gasteiger partial charge < -0.3 is 10.5 Å². The number of benzene rings is 1. The molecule has 1 atom stereocenters. The van der Waals surface area contributed by atoms with Gasteiger partial charge in [-0.05, 0) is 18.6 Å². The maximum absolute atomic E-state index is 11.4. The van der Waals surface area contributed by atoms with Crippen LogP contribution in [0.4, 0.5) is 5.69 Å². The van der Waals surface area contributed by atoms with Crippen LogP contribution in [-0.2, 0) is 9.53 Å². The fourth-order valence-electron chi connectivity index (χ4n) is 1.17. The van der Waals surface area contributed by atoms with Crippen LogP contribution in [0.5, 0.6) is 0 Å². The Morgan fingerprint density at radius 2 is 2.20 bits per heavy atom. The van der Waals surface area contributed by atoms with Crippen molar-refractivity contribution in [3.8, 4) is 0 Å². The molecule has 0 bridgehead atoms. The lowest BCUT2D eigenvalue weighted by molar-refractivity contribution is -0.140. The fourth-order valence-corrected chi connectivity index (χ4v) is 2.20. The van der Waals surface area contributed by atoms with Crippen LogP contribution < -0.4 is 5.73 Å². The molecule has 4 heteroatoms. The van der Waals surface area contributed by atoms with Crippen molar-refractivity contribution < 1.29 is 9.53 Å². The topological polar surface area (TPSA) is 52.3 Å². The van der Waals surface area contributed by atoms with E-state index in [2.05, 4.69) is 0 Å². The molecule has 0 aromatic heterocycles. The van der Waals surface area contributed by atoms with Gasteiger partial charge in [0, 0.05) is 10.6 Å². The minimum absolute atomic E-state index is 0.181. The first-order valence-electron chi connectivity index (χ1n) is 4.78. The van der Waals surface area contributed by atoms with E-state index in [1.54, 1.807) is 0 Å². The number of hydrogen-bond donors (Lipinski definition) is 1. The molecule has 1 rings (SSSR count). The number of ether oxygens (including phenoxy) is 1. The van der Waals surface area contributed by atoms with Gasteiger partial charge in [0.25, 0.3) is 0 Å². The fraction of sp³-hybridized carbons (Fsp3) is 0.364. The predicted molar refractivity (Wildman–Crippen MR) is 62.8 cm³/mol. The Morgan fingerprint density at radius 1 is 1.53 bits per heavy atom. The van der Waals surface area contributed by atoms with Crippen molar-refractivity contribution in [1.29, 1.82) is 0 Å². The summed E-state index contributed by atoms with van der Waals surface area (Å²) in [5.74, 6) is -0.203. The number of nitrogens with two attached hydrogens (primary N) is 1. The van der Waals surface area contributed by atoms with Gasteiger partial charge in [0.2, 0.25) is 0 Å². The first kappa shape index (κ1) is 11.9. The van der Waals surface area contributed by atoms with Gasteiger partial charge in [0.05, 0.1) is 7.11 Å². The van der Waals surface area contributed by atoms with Crippen LogP contribution in [0.15, 0.2) is 29.2 Å². The second-order valence-electron chi connectivity index (χ2n) is 3.08. The Balaban J connectivity index is 2.75. The Bertz CT molecular complexity index is 341. The van der Waals surface area contributed by atoms with Crippen LogP contribution in [0.1, 0.15) is 13.3 Å². The van der Waals surface area contributed by atoms with Gasteiger partial charge in [0.1, 0.15) is 5.25 Å². The maximum Gasteiger partial charge on any atom is 0.319 e. The molecular formula is C11H15NO2S. The SMILES string of the molecule is CCC(Sc1ccccc1N)C(=O)OC. The summed E-state index contributed by atoms with van der Waals surface area (Å²) in [5, 5.41) is -0.181. The molecule has 0 fully saturated rings. The van der Waals surface area contributed by atoms with Crippen molar-refractivity contribution >= 4 is 23.4 Å². The largest absolute Gasteiger partial charge is 0.468 e. The molecule has 1 aromatic rings. The predicted octanol–water partition coefficient (Wildman–Crippen LogP) is 2.31. The molecule has 15 heavy (non-hydrogen) atoms. The minimum Gasteiger partial charge on any atom is -0.468 e. The van der Waals surface area contributed by atoms with Crippen molar-refractivity contribution in [2.75, 3.05) is 12.8 Å². The summed E-state index contributed by atoms with van der Waals surface area (Å²) < 4.78 is 4.71. The number of hydrogen-bond acceptors (Lipinski definition) is 4. The summed E-state index contributed by atoms with van der Waals surface area (Å²) in [4.78, 5) is 12.3. The number of esters is 1. The molecular weight excluding hydrogens is 210 g/mol. The summed E-state index contributed by atoms with van der Waals surface area (Å²) in [7, 11) is 1.40. The van der Waals surface area contributed by atoms with E-state index < -0.39 is 0 Å². The molecule has 0 saturated heterocycles. The molecule has 0 aliphatic heterocycles. The summed E-state index contributed by atoms with van der Waals surface area (Å²) in [6, 6.07) is 7.51. The zero-order chi connectivity index (χ0) is 11.3. The molecule has 0 amide bonds. The van der Waals surface area contributed by atoms with Gasteiger partial charge >= 0.3 is 5.97 Å². The summed E-state index contributed by atoms with van der Waals surface area (Å²) in [5.41, 5.74) is 6.49. The highest BCUT2D eigenvalue weighted by Gasteiger charge is 2.18. The number of rotatable bonds is 4. The highest BCUT2D eigenvalue weighted by atomic mass is 32.2. The molecule has 0 aliphatic carbocycles. The lowest BCUT2D eigenvalue weighted by Gasteiger charge is -2.12. The molecule has 0 heterocycles. The number of carbonyl (C=O) groups excluding carboxylic acids is 1. The maximum atomic E-state index is 11.4. The first-order valence-corrected chi connectivity index (χ1v) is 5.66. The molecule has 1 unspecified atom stereocenters. The van der Waals surface area contributed by atoms with E-state index in [0.29, 0.717) is 5.69 Å². The number of anilines is 1. The van der Waals surface area contributed by atoms with E-state index in [9.17, 15) is 4.79 Å². The third-order valence-electron chi connectivity index (χ3n) is 2.02. The van der Waals surface area contributed by atoms with Gasteiger partial charge in [-0.1, -0.05) is 19.1 Å². The van der Waals surface area contributed by atoms with E-state index in [-0.39, 0.29) is 11.2 Å². The Hall–Kier alpha value is -1.16. The quantitative estimate of drug-likeness (QED) is 0.485. The van der Waals surface area contributed by atoms with Gasteiger partial charge in [-0.3, -0.25) is 4.79 Å². The Kier molecular flexibility index (Phi) is 4.49. The molecule has 1 aromatic carbocycles. The average molecular weight is 225 g/mol. The van der Waals surface area contributed by atoms with E-state index in [4.69, 9.17) is 10.5 Å². The molecule has 0 saturated carbocycles. The monoisotopic (exact) mass is 225 g/mol. The molecule has 0 spiro atoms. The molecule has 2 N–H and O–H groups in total. The Morgan fingerprint density at radius 3 is 2.73 bits per heavy atom. The van der Waals surface area contributed by atoms with Crippen molar-refractivity contribution in [1.82, 2.24) is 0 Å². The van der Waals surface area contributed by atoms with Crippen LogP contribution in [0, 0.1) is 0 Å². The number of methoxy groups -OCH3 is 1. The second kappa shape index (κ2) is 5.66. The van der Waals surface area contributed by atoms with Crippen LogP contribution in [0.3, 0.4) is 0 Å². The van der Waals surface area contributed by atoms with Gasteiger partial charge in [0.15, 0.2) is 0 Å². The van der Waals surface area contributed by atoms with E-state index in [1.807, 2.05) is 31.2 Å². The minimum atomic E-state index is -0.203. The first-order chi connectivity index (χ1) is 7.19. The standard InChI is InChI=1S/C11H15NO2S/c1-3-9(11(13)14-2)15-10-7-5-4-6-8(10)12/h4-7,9H,3,12H2,1-2H3. The molecule has 82 valence electrons. The zero-order valence-corrected chi connectivity index (χ0v) is 9.71. The molecule has 0 aliphatic rings. The summed E-state index contributed by atoms with van der Waals surface area (Å²) in [6.07, 6.45) is 0.728. The number of carbonyl (C=O) groups is 1. The van der Waals surface area contributed by atoms with E-state index >= 15 is 0 Å².